The van der Waals surface area contributed by atoms with E-state index in [1.165, 1.54) is 7.11 Å². The first-order valence-electron chi connectivity index (χ1n) is 4.12. The standard InChI is InChI=1S/C8H16O4/c1-4-6(9)8(11-3)7(10)5(2)12-4/h4-10H,1-3H3/t4-,5?,6?,7-,8?/m1/s1. The van der Waals surface area contributed by atoms with Crippen LogP contribution < -0.4 is 0 Å². The molecule has 1 aliphatic heterocycles. The van der Waals surface area contributed by atoms with Crippen molar-refractivity contribution in [2.45, 2.75) is 44.4 Å². The maximum Gasteiger partial charge on any atom is 0.114 e. The molecule has 0 saturated carbocycles. The van der Waals surface area contributed by atoms with Crippen LogP contribution in [0.15, 0.2) is 0 Å². The molecule has 1 aliphatic rings. The molecule has 0 bridgehead atoms. The van der Waals surface area contributed by atoms with E-state index in [9.17, 15) is 10.2 Å². The summed E-state index contributed by atoms with van der Waals surface area (Å²) >= 11 is 0. The van der Waals surface area contributed by atoms with Gasteiger partial charge in [0.1, 0.15) is 18.3 Å². The van der Waals surface area contributed by atoms with Crippen molar-refractivity contribution in [1.82, 2.24) is 0 Å². The van der Waals surface area contributed by atoms with E-state index in [4.69, 9.17) is 9.47 Å². The van der Waals surface area contributed by atoms with Crippen molar-refractivity contribution < 1.29 is 19.7 Å². The van der Waals surface area contributed by atoms with Crippen molar-refractivity contribution in [3.8, 4) is 0 Å². The molecule has 72 valence electrons. The highest BCUT2D eigenvalue weighted by Crippen LogP contribution is 2.22. The molecule has 1 saturated heterocycles. The van der Waals surface area contributed by atoms with E-state index >= 15 is 0 Å². The summed E-state index contributed by atoms with van der Waals surface area (Å²) in [6.07, 6.45) is -2.60. The predicted octanol–water partition coefficient (Wildman–Crippen LogP) is -0.470. The van der Waals surface area contributed by atoms with Crippen molar-refractivity contribution in [2.75, 3.05) is 7.11 Å². The minimum atomic E-state index is -0.749. The zero-order valence-corrected chi connectivity index (χ0v) is 7.60. The highest BCUT2D eigenvalue weighted by atomic mass is 16.6. The van der Waals surface area contributed by atoms with Gasteiger partial charge in [-0.15, -0.1) is 0 Å². The van der Waals surface area contributed by atoms with Crippen LogP contribution in [-0.4, -0.2) is 47.8 Å². The minimum Gasteiger partial charge on any atom is -0.388 e. The Kier molecular flexibility index (Phi) is 3.06. The molecule has 5 atom stereocenters. The van der Waals surface area contributed by atoms with Crippen molar-refractivity contribution in [3.63, 3.8) is 0 Å². The van der Waals surface area contributed by atoms with Crippen molar-refractivity contribution in [2.24, 2.45) is 0 Å². The molecular weight excluding hydrogens is 160 g/mol. The van der Waals surface area contributed by atoms with Crippen molar-refractivity contribution >= 4 is 0 Å². The Morgan fingerprint density at radius 3 is 1.83 bits per heavy atom. The number of aliphatic hydroxyl groups excluding tert-OH is 2. The highest BCUT2D eigenvalue weighted by Gasteiger charge is 2.40. The second kappa shape index (κ2) is 3.70. The van der Waals surface area contributed by atoms with Gasteiger partial charge < -0.3 is 19.7 Å². The van der Waals surface area contributed by atoms with Crippen LogP contribution in [-0.2, 0) is 9.47 Å². The number of rotatable bonds is 1. The molecule has 0 aromatic carbocycles. The zero-order valence-electron chi connectivity index (χ0n) is 7.60. The molecule has 12 heavy (non-hydrogen) atoms. The van der Waals surface area contributed by atoms with Gasteiger partial charge in [0.05, 0.1) is 12.2 Å². The third kappa shape index (κ3) is 1.61. The van der Waals surface area contributed by atoms with Gasteiger partial charge in [-0.2, -0.15) is 0 Å². The van der Waals surface area contributed by atoms with E-state index in [1.807, 2.05) is 0 Å². The normalized spacial score (nSPS) is 49.2. The average Bonchev–Trinajstić information content (AvgIpc) is 2.02. The molecule has 0 aromatic rings. The fourth-order valence-electron chi connectivity index (χ4n) is 1.51. The molecule has 0 radical (unpaired) electrons. The van der Waals surface area contributed by atoms with E-state index in [1.54, 1.807) is 13.8 Å². The third-order valence-corrected chi connectivity index (χ3v) is 2.34. The minimum absolute atomic E-state index is 0.284. The van der Waals surface area contributed by atoms with Crippen LogP contribution in [0.3, 0.4) is 0 Å². The van der Waals surface area contributed by atoms with Gasteiger partial charge >= 0.3 is 0 Å². The van der Waals surface area contributed by atoms with Gasteiger partial charge in [0.25, 0.3) is 0 Å². The van der Waals surface area contributed by atoms with Gasteiger partial charge in [-0.1, -0.05) is 0 Å². The molecule has 0 aromatic heterocycles. The Hall–Kier alpha value is -0.160. The van der Waals surface area contributed by atoms with E-state index in [2.05, 4.69) is 0 Å². The summed E-state index contributed by atoms with van der Waals surface area (Å²) in [5.74, 6) is 0. The predicted molar refractivity (Wildman–Crippen MR) is 42.8 cm³/mol. The second-order valence-electron chi connectivity index (χ2n) is 3.23. The molecule has 1 fully saturated rings. The average molecular weight is 176 g/mol. The van der Waals surface area contributed by atoms with E-state index in [-0.39, 0.29) is 12.2 Å². The van der Waals surface area contributed by atoms with E-state index in [0.29, 0.717) is 0 Å². The lowest BCUT2D eigenvalue weighted by atomic mass is 9.96. The van der Waals surface area contributed by atoms with Crippen LogP contribution >= 0.6 is 0 Å². The number of ether oxygens (including phenoxy) is 2. The van der Waals surface area contributed by atoms with E-state index < -0.39 is 18.3 Å². The maximum absolute atomic E-state index is 9.52. The summed E-state index contributed by atoms with van der Waals surface area (Å²) in [6.45, 7) is 3.53. The molecule has 4 nitrogen and oxygen atoms in total. The Morgan fingerprint density at radius 2 is 1.50 bits per heavy atom. The lowest BCUT2D eigenvalue weighted by Crippen LogP contribution is -2.56. The molecule has 4 heteroatoms. The quantitative estimate of drug-likeness (QED) is 0.567. The van der Waals surface area contributed by atoms with Gasteiger partial charge in [-0.25, -0.2) is 0 Å². The SMILES string of the molecule is COC1C(O)[C@@H](C)OC(C)[C@H]1O. The Labute approximate surface area is 72.1 Å². The van der Waals surface area contributed by atoms with Crippen molar-refractivity contribution in [1.29, 1.82) is 0 Å². The Bertz CT molecular complexity index is 136. The summed E-state index contributed by atoms with van der Waals surface area (Å²) < 4.78 is 10.2. The van der Waals surface area contributed by atoms with Gasteiger partial charge in [0.15, 0.2) is 0 Å². The van der Waals surface area contributed by atoms with Gasteiger partial charge in [-0.3, -0.25) is 0 Å². The first-order chi connectivity index (χ1) is 5.57. The summed E-state index contributed by atoms with van der Waals surface area (Å²) in [7, 11) is 1.47. The zero-order chi connectivity index (χ0) is 9.30. The molecule has 1 rings (SSSR count). The fraction of sp³-hybridized carbons (Fsp3) is 1.00. The third-order valence-electron chi connectivity index (χ3n) is 2.34. The number of hydrogen-bond acceptors (Lipinski definition) is 4. The molecule has 0 aliphatic carbocycles. The van der Waals surface area contributed by atoms with Crippen LogP contribution in [0.25, 0.3) is 0 Å². The number of hydrogen-bond donors (Lipinski definition) is 2. The van der Waals surface area contributed by atoms with Crippen LogP contribution in [0.2, 0.25) is 0 Å². The molecule has 1 heterocycles. The first-order valence-corrected chi connectivity index (χ1v) is 4.12. The van der Waals surface area contributed by atoms with Gasteiger partial charge in [-0.05, 0) is 13.8 Å². The monoisotopic (exact) mass is 176 g/mol. The summed E-state index contributed by atoms with van der Waals surface area (Å²) in [6, 6.07) is 0. The Morgan fingerprint density at radius 1 is 1.08 bits per heavy atom. The second-order valence-corrected chi connectivity index (χ2v) is 3.23. The highest BCUT2D eigenvalue weighted by molar-refractivity contribution is 4.89. The maximum atomic E-state index is 9.52. The van der Waals surface area contributed by atoms with Crippen molar-refractivity contribution in [3.05, 3.63) is 0 Å². The lowest BCUT2D eigenvalue weighted by molar-refractivity contribution is -0.219. The Balaban J connectivity index is 2.67. The van der Waals surface area contributed by atoms with E-state index in [0.717, 1.165) is 0 Å². The molecule has 0 spiro atoms. The number of methoxy groups -OCH3 is 1. The first kappa shape index (κ1) is 9.92. The largest absolute Gasteiger partial charge is 0.388 e. The molecule has 3 unspecified atom stereocenters. The molecule has 0 amide bonds. The number of aliphatic hydroxyl groups is 2. The molecule has 2 N–H and O–H groups in total. The van der Waals surface area contributed by atoms with Crippen LogP contribution in [0.1, 0.15) is 13.8 Å². The molecular formula is C8H16O4. The summed E-state index contributed by atoms with van der Waals surface area (Å²) in [5.41, 5.74) is 0. The fourth-order valence-corrected chi connectivity index (χ4v) is 1.51. The smallest absolute Gasteiger partial charge is 0.114 e. The topological polar surface area (TPSA) is 58.9 Å². The summed E-state index contributed by atoms with van der Waals surface area (Å²) in [4.78, 5) is 0. The van der Waals surface area contributed by atoms with Gasteiger partial charge in [0.2, 0.25) is 0 Å². The van der Waals surface area contributed by atoms with Crippen LogP contribution in [0.4, 0.5) is 0 Å². The summed E-state index contributed by atoms with van der Waals surface area (Å²) in [5, 5.41) is 19.0. The van der Waals surface area contributed by atoms with Crippen LogP contribution in [0.5, 0.6) is 0 Å². The van der Waals surface area contributed by atoms with Crippen LogP contribution in [0, 0.1) is 0 Å². The van der Waals surface area contributed by atoms with Gasteiger partial charge in [0, 0.05) is 7.11 Å². The lowest BCUT2D eigenvalue weighted by Gasteiger charge is -2.39.